The van der Waals surface area contributed by atoms with Crippen LogP contribution < -0.4 is 5.32 Å². The van der Waals surface area contributed by atoms with Crippen molar-refractivity contribution in [1.82, 2.24) is 24.7 Å². The van der Waals surface area contributed by atoms with E-state index in [4.69, 9.17) is 0 Å². The molecule has 1 saturated carbocycles. The fraction of sp³-hybridized carbons (Fsp3) is 0.214. The number of nitrogens with zero attached hydrogens (tertiary/aromatic N) is 5. The zero-order chi connectivity index (χ0) is 15.8. The summed E-state index contributed by atoms with van der Waals surface area (Å²) in [5, 5.41) is 13.2. The summed E-state index contributed by atoms with van der Waals surface area (Å²) < 4.78 is 2.84. The molecule has 1 aliphatic rings. The lowest BCUT2D eigenvalue weighted by Crippen LogP contribution is -2.13. The van der Waals surface area contributed by atoms with E-state index in [0.29, 0.717) is 16.9 Å². The van der Waals surface area contributed by atoms with Gasteiger partial charge in [-0.2, -0.15) is 0 Å². The van der Waals surface area contributed by atoms with Gasteiger partial charge in [-0.05, 0) is 25.0 Å². The number of nitrogens with one attached hydrogen (secondary N) is 1. The molecule has 0 bridgehead atoms. The van der Waals surface area contributed by atoms with Crippen LogP contribution in [-0.2, 0) is 0 Å². The van der Waals surface area contributed by atoms with Gasteiger partial charge >= 0.3 is 0 Å². The molecule has 0 unspecified atom stereocenters. The molecule has 3 aromatic rings. The minimum Gasteiger partial charge on any atom is -0.309 e. The number of halogens is 1. The molecular weight excluding hydrogens is 380 g/mol. The van der Waals surface area contributed by atoms with Crippen molar-refractivity contribution in [3.05, 3.63) is 40.2 Å². The number of aromatic nitrogens is 5. The molecule has 1 N–H and O–H groups in total. The predicted octanol–water partition coefficient (Wildman–Crippen LogP) is 3.15. The third kappa shape index (κ3) is 3.02. The molecule has 0 saturated heterocycles. The molecule has 0 aromatic carbocycles. The zero-order valence-corrected chi connectivity index (χ0v) is 14.2. The second-order valence-electron chi connectivity index (χ2n) is 5.14. The highest BCUT2D eigenvalue weighted by atomic mass is 79.9. The van der Waals surface area contributed by atoms with Crippen molar-refractivity contribution in [2.75, 3.05) is 5.32 Å². The Morgan fingerprint density at radius 2 is 2.30 bits per heavy atom. The van der Waals surface area contributed by atoms with Gasteiger partial charge in [0.2, 0.25) is 0 Å². The predicted molar refractivity (Wildman–Crippen MR) is 89.3 cm³/mol. The van der Waals surface area contributed by atoms with Gasteiger partial charge in [0, 0.05) is 22.1 Å². The summed E-state index contributed by atoms with van der Waals surface area (Å²) in [5.41, 5.74) is 1.05. The van der Waals surface area contributed by atoms with Crippen molar-refractivity contribution in [1.29, 1.82) is 0 Å². The summed E-state index contributed by atoms with van der Waals surface area (Å²) in [6.07, 6.45) is 5.60. The fourth-order valence-corrected chi connectivity index (χ4v) is 3.19. The Balaban J connectivity index is 1.54. The molecular formula is C14H11BrN6OS. The van der Waals surface area contributed by atoms with Crippen molar-refractivity contribution in [3.8, 4) is 11.5 Å². The summed E-state index contributed by atoms with van der Waals surface area (Å²) in [6, 6.07) is 3.90. The summed E-state index contributed by atoms with van der Waals surface area (Å²) in [7, 11) is 0. The fourth-order valence-electron chi connectivity index (χ4n) is 2.17. The van der Waals surface area contributed by atoms with Gasteiger partial charge in [-0.25, -0.2) is 4.98 Å². The van der Waals surface area contributed by atoms with E-state index in [2.05, 4.69) is 41.4 Å². The second kappa shape index (κ2) is 5.82. The van der Waals surface area contributed by atoms with Gasteiger partial charge in [-0.1, -0.05) is 15.9 Å². The first-order chi connectivity index (χ1) is 11.2. The normalized spacial score (nSPS) is 14.0. The molecule has 0 atom stereocenters. The molecule has 0 radical (unpaired) electrons. The van der Waals surface area contributed by atoms with Crippen LogP contribution in [0.3, 0.4) is 0 Å². The largest absolute Gasteiger partial charge is 0.309 e. The molecule has 23 heavy (non-hydrogen) atoms. The van der Waals surface area contributed by atoms with E-state index in [1.54, 1.807) is 24.7 Å². The number of thiazole rings is 1. The third-order valence-electron chi connectivity index (χ3n) is 3.42. The molecule has 7 nitrogen and oxygen atoms in total. The van der Waals surface area contributed by atoms with Crippen molar-refractivity contribution in [3.63, 3.8) is 0 Å². The van der Waals surface area contributed by atoms with Crippen molar-refractivity contribution < 1.29 is 4.79 Å². The number of hydrogen-bond donors (Lipinski definition) is 1. The highest BCUT2D eigenvalue weighted by molar-refractivity contribution is 9.10. The minimum atomic E-state index is -0.296. The Kier molecular flexibility index (Phi) is 3.66. The van der Waals surface area contributed by atoms with E-state index < -0.39 is 0 Å². The van der Waals surface area contributed by atoms with Crippen LogP contribution in [0, 0.1) is 0 Å². The van der Waals surface area contributed by atoms with E-state index in [-0.39, 0.29) is 5.91 Å². The van der Waals surface area contributed by atoms with E-state index >= 15 is 0 Å². The minimum absolute atomic E-state index is 0.296. The van der Waals surface area contributed by atoms with Gasteiger partial charge in [0.15, 0.2) is 11.0 Å². The summed E-state index contributed by atoms with van der Waals surface area (Å²) >= 11 is 4.67. The first-order valence-corrected chi connectivity index (χ1v) is 8.66. The van der Waals surface area contributed by atoms with Gasteiger partial charge in [-0.3, -0.25) is 15.1 Å². The lowest BCUT2D eigenvalue weighted by atomic mass is 10.3. The van der Waals surface area contributed by atoms with Crippen molar-refractivity contribution in [2.45, 2.75) is 18.9 Å². The first-order valence-electron chi connectivity index (χ1n) is 6.99. The van der Waals surface area contributed by atoms with E-state index in [1.165, 1.54) is 11.3 Å². The van der Waals surface area contributed by atoms with Crippen molar-refractivity contribution >= 4 is 38.3 Å². The quantitative estimate of drug-likeness (QED) is 0.739. The molecule has 1 amide bonds. The molecule has 4 rings (SSSR count). The number of hydrogen-bond acceptors (Lipinski definition) is 6. The summed E-state index contributed by atoms with van der Waals surface area (Å²) in [4.78, 5) is 20.7. The molecule has 116 valence electrons. The Labute approximate surface area is 143 Å². The highest BCUT2D eigenvalue weighted by Gasteiger charge is 2.27. The summed E-state index contributed by atoms with van der Waals surface area (Å²) in [5.74, 6) is 0.445. The molecule has 0 aliphatic heterocycles. The molecule has 3 heterocycles. The van der Waals surface area contributed by atoms with Crippen LogP contribution in [-0.4, -0.2) is 30.6 Å². The van der Waals surface area contributed by atoms with E-state index in [0.717, 1.165) is 28.8 Å². The molecule has 3 aromatic heterocycles. The topological polar surface area (TPSA) is 85.6 Å². The average molecular weight is 391 g/mol. The second-order valence-corrected chi connectivity index (χ2v) is 6.92. The highest BCUT2D eigenvalue weighted by Crippen LogP contribution is 2.37. The van der Waals surface area contributed by atoms with Crippen LogP contribution in [0.4, 0.5) is 5.13 Å². The molecule has 1 fully saturated rings. The molecule has 0 spiro atoms. The maximum Gasteiger partial charge on any atom is 0.276 e. The Morgan fingerprint density at radius 3 is 3.09 bits per heavy atom. The zero-order valence-electron chi connectivity index (χ0n) is 11.8. The number of pyridine rings is 1. The maximum absolute atomic E-state index is 12.2. The van der Waals surface area contributed by atoms with Crippen LogP contribution in [0.5, 0.6) is 0 Å². The van der Waals surface area contributed by atoms with Crippen molar-refractivity contribution in [2.24, 2.45) is 0 Å². The lowest BCUT2D eigenvalue weighted by molar-refractivity contribution is 0.102. The number of amides is 1. The number of rotatable bonds is 4. The Bertz CT molecular complexity index is 872. The average Bonchev–Trinajstić information content (AvgIpc) is 3.09. The number of anilines is 1. The Hall–Kier alpha value is -2.13. The van der Waals surface area contributed by atoms with Gasteiger partial charge in [0.05, 0.1) is 0 Å². The van der Waals surface area contributed by atoms with Crippen LogP contribution in [0.1, 0.15) is 29.4 Å². The van der Waals surface area contributed by atoms with E-state index in [9.17, 15) is 4.79 Å². The van der Waals surface area contributed by atoms with Crippen LogP contribution in [0.2, 0.25) is 0 Å². The van der Waals surface area contributed by atoms with Gasteiger partial charge in [0.1, 0.15) is 17.7 Å². The Morgan fingerprint density at radius 1 is 1.43 bits per heavy atom. The van der Waals surface area contributed by atoms with E-state index in [1.807, 2.05) is 9.95 Å². The molecule has 9 heteroatoms. The maximum atomic E-state index is 12.2. The first kappa shape index (κ1) is 14.5. The van der Waals surface area contributed by atoms with Crippen LogP contribution >= 0.6 is 27.3 Å². The van der Waals surface area contributed by atoms with Crippen LogP contribution in [0.25, 0.3) is 11.5 Å². The van der Waals surface area contributed by atoms with Gasteiger partial charge in [-0.15, -0.1) is 21.5 Å². The van der Waals surface area contributed by atoms with Crippen LogP contribution in [0.15, 0.2) is 34.5 Å². The smallest absolute Gasteiger partial charge is 0.276 e. The summed E-state index contributed by atoms with van der Waals surface area (Å²) in [6.45, 7) is 0. The third-order valence-corrected chi connectivity index (χ3v) is 4.67. The number of carbonyl (C=O) groups excluding carboxylic acids is 1. The SMILES string of the molecule is O=C(Nc1nc(-c2nncn2C2CC2)cs1)c1cc(Br)ccn1. The monoisotopic (exact) mass is 390 g/mol. The standard InChI is InChI=1S/C14H11BrN6OS/c15-8-3-4-16-10(5-8)13(22)19-14-18-11(6-23-14)12-20-17-7-21(12)9-1-2-9/h3-7,9H,1-2H2,(H,18,19,22). The number of carbonyl (C=O) groups is 1. The molecule has 1 aliphatic carbocycles. The lowest BCUT2D eigenvalue weighted by Gasteiger charge is -2.02. The van der Waals surface area contributed by atoms with Gasteiger partial charge < -0.3 is 4.57 Å². The van der Waals surface area contributed by atoms with Gasteiger partial charge in [0.25, 0.3) is 5.91 Å².